The number of rotatable bonds is 3. The van der Waals surface area contributed by atoms with E-state index in [0.717, 1.165) is 24.1 Å². The van der Waals surface area contributed by atoms with Crippen LogP contribution in [-0.2, 0) is 7.05 Å². The van der Waals surface area contributed by atoms with Crippen molar-refractivity contribution in [1.29, 1.82) is 0 Å². The Kier molecular flexibility index (Phi) is 3.86. The van der Waals surface area contributed by atoms with Crippen LogP contribution in [0.1, 0.15) is 40.0 Å². The predicted molar refractivity (Wildman–Crippen MR) is 101 cm³/mol. The molecule has 1 heterocycles. The van der Waals surface area contributed by atoms with Gasteiger partial charge in [0.05, 0.1) is 6.20 Å². The van der Waals surface area contributed by atoms with Crippen molar-refractivity contribution in [1.82, 2.24) is 15.1 Å². The zero-order chi connectivity index (χ0) is 18.5. The molecule has 1 amide bonds. The molecular formula is C21H27N3O2. The summed E-state index contributed by atoms with van der Waals surface area (Å²) in [7, 11) is 1.85. The van der Waals surface area contributed by atoms with Crippen molar-refractivity contribution >= 4 is 6.09 Å². The van der Waals surface area contributed by atoms with Gasteiger partial charge < -0.3 is 10.1 Å². The average Bonchev–Trinajstić information content (AvgIpc) is 3.13. The molecular weight excluding hydrogens is 326 g/mol. The molecule has 3 atom stereocenters. The molecule has 1 aromatic carbocycles. The first kappa shape index (κ1) is 17.1. The van der Waals surface area contributed by atoms with E-state index in [1.165, 1.54) is 6.42 Å². The lowest BCUT2D eigenvalue weighted by molar-refractivity contribution is 0.117. The normalized spacial score (nSPS) is 28.9. The molecule has 0 radical (unpaired) electrons. The number of aromatic nitrogens is 2. The van der Waals surface area contributed by atoms with Crippen LogP contribution in [0.25, 0.3) is 11.3 Å². The summed E-state index contributed by atoms with van der Waals surface area (Å²) >= 11 is 0. The molecule has 2 aromatic rings. The number of amides is 1. The zero-order valence-electron chi connectivity index (χ0n) is 16.0. The number of aryl methyl sites for hydroxylation is 1. The van der Waals surface area contributed by atoms with Crippen LogP contribution in [-0.4, -0.2) is 21.9 Å². The summed E-state index contributed by atoms with van der Waals surface area (Å²) in [6.07, 6.45) is 4.69. The summed E-state index contributed by atoms with van der Waals surface area (Å²) in [5, 5.41) is 7.41. The Balaban J connectivity index is 1.51. The largest absolute Gasteiger partial charge is 0.412 e. The Morgan fingerprint density at radius 1 is 1.27 bits per heavy atom. The quantitative estimate of drug-likeness (QED) is 0.890. The minimum atomic E-state index is -0.384. The van der Waals surface area contributed by atoms with Gasteiger partial charge in [0.15, 0.2) is 5.75 Å². The van der Waals surface area contributed by atoms with Gasteiger partial charge in [0, 0.05) is 18.7 Å². The molecule has 0 unspecified atom stereocenters. The van der Waals surface area contributed by atoms with E-state index in [-0.39, 0.29) is 23.0 Å². The maximum absolute atomic E-state index is 12.6. The number of carbonyl (C=O) groups is 1. The first-order valence-electron chi connectivity index (χ1n) is 9.39. The molecule has 0 saturated heterocycles. The van der Waals surface area contributed by atoms with Crippen LogP contribution in [0.2, 0.25) is 0 Å². The van der Waals surface area contributed by atoms with E-state index in [9.17, 15) is 4.79 Å². The van der Waals surface area contributed by atoms with Crippen molar-refractivity contribution in [2.45, 2.75) is 46.1 Å². The third kappa shape index (κ3) is 2.44. The van der Waals surface area contributed by atoms with Crippen LogP contribution in [0.4, 0.5) is 4.79 Å². The minimum Gasteiger partial charge on any atom is -0.406 e. The molecule has 5 heteroatoms. The summed E-state index contributed by atoms with van der Waals surface area (Å²) in [5.41, 5.74) is 2.17. The highest BCUT2D eigenvalue weighted by atomic mass is 16.6. The first-order chi connectivity index (χ1) is 12.3. The van der Waals surface area contributed by atoms with E-state index in [1.807, 2.05) is 37.4 Å². The Labute approximate surface area is 154 Å². The van der Waals surface area contributed by atoms with Gasteiger partial charge in [-0.25, -0.2) is 4.79 Å². The van der Waals surface area contributed by atoms with Crippen molar-refractivity contribution < 1.29 is 9.53 Å². The van der Waals surface area contributed by atoms with Crippen LogP contribution in [0.5, 0.6) is 5.75 Å². The maximum atomic E-state index is 12.6. The van der Waals surface area contributed by atoms with E-state index in [4.69, 9.17) is 4.74 Å². The molecule has 4 rings (SSSR count). The second kappa shape index (κ2) is 5.86. The van der Waals surface area contributed by atoms with Gasteiger partial charge in [-0.15, -0.1) is 0 Å². The summed E-state index contributed by atoms with van der Waals surface area (Å²) in [4.78, 5) is 12.6. The fourth-order valence-electron chi connectivity index (χ4n) is 5.11. The van der Waals surface area contributed by atoms with Crippen LogP contribution in [0, 0.1) is 16.7 Å². The number of hydrogen-bond donors (Lipinski definition) is 1. The molecule has 0 spiro atoms. The Hall–Kier alpha value is -2.30. The second-order valence-electron chi connectivity index (χ2n) is 8.54. The average molecular weight is 353 g/mol. The highest BCUT2D eigenvalue weighted by Gasteiger charge is 2.61. The third-order valence-electron chi connectivity index (χ3n) is 7.24. The second-order valence-corrected chi connectivity index (χ2v) is 8.54. The minimum absolute atomic E-state index is 0.133. The molecule has 0 aliphatic heterocycles. The van der Waals surface area contributed by atoms with Crippen LogP contribution in [0.3, 0.4) is 0 Å². The van der Waals surface area contributed by atoms with E-state index >= 15 is 0 Å². The van der Waals surface area contributed by atoms with Crippen LogP contribution < -0.4 is 10.1 Å². The number of benzene rings is 1. The molecule has 138 valence electrons. The Morgan fingerprint density at radius 3 is 2.62 bits per heavy atom. The molecule has 2 bridgehead atoms. The monoisotopic (exact) mass is 353 g/mol. The molecule has 2 saturated carbocycles. The molecule has 26 heavy (non-hydrogen) atoms. The maximum Gasteiger partial charge on any atom is 0.412 e. The predicted octanol–water partition coefficient (Wildman–Crippen LogP) is 4.39. The van der Waals surface area contributed by atoms with Gasteiger partial charge >= 0.3 is 6.09 Å². The van der Waals surface area contributed by atoms with Gasteiger partial charge in [-0.1, -0.05) is 51.1 Å². The number of ether oxygens (including phenoxy) is 1. The number of nitrogens with zero attached hydrogens (tertiary/aromatic N) is 2. The van der Waals surface area contributed by atoms with Gasteiger partial charge in [-0.2, -0.15) is 5.10 Å². The number of carbonyl (C=O) groups excluding carboxylic acids is 1. The van der Waals surface area contributed by atoms with E-state index < -0.39 is 0 Å². The highest BCUT2D eigenvalue weighted by Crippen LogP contribution is 2.65. The number of nitrogens with one attached hydrogen (secondary N) is 1. The van der Waals surface area contributed by atoms with Gasteiger partial charge in [0.2, 0.25) is 0 Å². The lowest BCUT2D eigenvalue weighted by atomic mass is 9.69. The standard InChI is InChI=1S/C21H27N3O2/c1-20(2)15-10-11-21(20,3)17(12-15)23-19(25)26-16-13-22-24(4)18(16)14-8-6-5-7-9-14/h5-9,13,15,17H,10-12H2,1-4H3,(H,23,25)/t15-,17+,21+/m1/s1. The topological polar surface area (TPSA) is 56.2 Å². The van der Waals surface area contributed by atoms with Crippen molar-refractivity contribution in [3.63, 3.8) is 0 Å². The lowest BCUT2D eigenvalue weighted by Gasteiger charge is -2.39. The SMILES string of the molecule is Cn1ncc(OC(=O)N[C@H]2C[C@H]3CC[C@]2(C)C3(C)C)c1-c1ccccc1. The molecule has 1 aromatic heterocycles. The molecule has 2 aliphatic rings. The van der Waals surface area contributed by atoms with Gasteiger partial charge in [-0.3, -0.25) is 4.68 Å². The lowest BCUT2D eigenvalue weighted by Crippen LogP contribution is -2.47. The van der Waals surface area contributed by atoms with Gasteiger partial charge in [0.1, 0.15) is 5.69 Å². The van der Waals surface area contributed by atoms with Crippen LogP contribution >= 0.6 is 0 Å². The van der Waals surface area contributed by atoms with Gasteiger partial charge in [-0.05, 0) is 36.0 Å². The summed E-state index contributed by atoms with van der Waals surface area (Å²) in [6.45, 7) is 6.99. The van der Waals surface area contributed by atoms with Crippen molar-refractivity contribution in [3.05, 3.63) is 36.5 Å². The van der Waals surface area contributed by atoms with E-state index in [0.29, 0.717) is 11.7 Å². The highest BCUT2D eigenvalue weighted by molar-refractivity contribution is 5.75. The van der Waals surface area contributed by atoms with Crippen molar-refractivity contribution in [2.75, 3.05) is 0 Å². The third-order valence-corrected chi connectivity index (χ3v) is 7.24. The Bertz CT molecular complexity index is 827. The fourth-order valence-corrected chi connectivity index (χ4v) is 5.11. The number of hydrogen-bond acceptors (Lipinski definition) is 3. The number of fused-ring (bicyclic) bond motifs is 2. The molecule has 2 aliphatic carbocycles. The molecule has 5 nitrogen and oxygen atoms in total. The summed E-state index contributed by atoms with van der Waals surface area (Å²) in [6, 6.07) is 10.0. The van der Waals surface area contributed by atoms with Crippen LogP contribution in [0.15, 0.2) is 36.5 Å². The fraction of sp³-hybridized carbons (Fsp3) is 0.524. The smallest absolute Gasteiger partial charge is 0.406 e. The summed E-state index contributed by atoms with van der Waals surface area (Å²) < 4.78 is 7.41. The van der Waals surface area contributed by atoms with E-state index in [1.54, 1.807) is 10.9 Å². The Morgan fingerprint density at radius 2 is 2.00 bits per heavy atom. The first-order valence-corrected chi connectivity index (χ1v) is 9.39. The zero-order valence-corrected chi connectivity index (χ0v) is 16.0. The van der Waals surface area contributed by atoms with Crippen molar-refractivity contribution in [2.24, 2.45) is 23.8 Å². The van der Waals surface area contributed by atoms with Gasteiger partial charge in [0.25, 0.3) is 0 Å². The molecule has 1 N–H and O–H groups in total. The summed E-state index contributed by atoms with van der Waals surface area (Å²) in [5.74, 6) is 1.17. The van der Waals surface area contributed by atoms with E-state index in [2.05, 4.69) is 31.2 Å². The molecule has 2 fully saturated rings. The van der Waals surface area contributed by atoms with Crippen molar-refractivity contribution in [3.8, 4) is 17.0 Å².